The molecule has 8 heteroatoms. The fourth-order valence-electron chi connectivity index (χ4n) is 4.99. The van der Waals surface area contributed by atoms with E-state index in [9.17, 15) is 14.4 Å². The van der Waals surface area contributed by atoms with Gasteiger partial charge in [0.15, 0.2) is 0 Å². The lowest BCUT2D eigenvalue weighted by Crippen LogP contribution is -2.46. The molecule has 0 radical (unpaired) electrons. The van der Waals surface area contributed by atoms with E-state index in [1.165, 1.54) is 11.1 Å². The Morgan fingerprint density at radius 1 is 1.00 bits per heavy atom. The first-order valence-electron chi connectivity index (χ1n) is 12.4. The molecule has 1 atom stereocenters. The predicted molar refractivity (Wildman–Crippen MR) is 129 cm³/mol. The van der Waals surface area contributed by atoms with Crippen LogP contribution in [0.3, 0.4) is 0 Å². The Kier molecular flexibility index (Phi) is 7.11. The van der Waals surface area contributed by atoms with E-state index in [1.54, 1.807) is 11.0 Å². The summed E-state index contributed by atoms with van der Waals surface area (Å²) in [5.74, 6) is -0.184. The molecule has 3 heterocycles. The number of amides is 3. The quantitative estimate of drug-likeness (QED) is 0.616. The lowest BCUT2D eigenvalue weighted by molar-refractivity contribution is -0.132. The number of morpholine rings is 1. The van der Waals surface area contributed by atoms with E-state index in [2.05, 4.69) is 34.5 Å². The molecule has 2 aromatic rings. The van der Waals surface area contributed by atoms with Crippen molar-refractivity contribution in [3.63, 3.8) is 0 Å². The van der Waals surface area contributed by atoms with E-state index in [4.69, 9.17) is 9.47 Å². The van der Waals surface area contributed by atoms with Gasteiger partial charge in [-0.2, -0.15) is 0 Å². The summed E-state index contributed by atoms with van der Waals surface area (Å²) in [6, 6.07) is 13.5. The normalized spacial score (nSPS) is 21.0. The summed E-state index contributed by atoms with van der Waals surface area (Å²) in [5, 5.41) is 2.40. The van der Waals surface area contributed by atoms with Crippen molar-refractivity contribution in [2.45, 2.75) is 44.8 Å². The van der Waals surface area contributed by atoms with Crippen molar-refractivity contribution in [2.24, 2.45) is 0 Å². The van der Waals surface area contributed by atoms with Gasteiger partial charge in [0.1, 0.15) is 11.8 Å². The summed E-state index contributed by atoms with van der Waals surface area (Å²) >= 11 is 0. The van der Waals surface area contributed by atoms with Crippen LogP contribution in [0.5, 0.6) is 5.75 Å². The molecule has 2 aromatic carbocycles. The predicted octanol–water partition coefficient (Wildman–Crippen LogP) is 2.29. The van der Waals surface area contributed by atoms with E-state index in [0.717, 1.165) is 44.8 Å². The van der Waals surface area contributed by atoms with Crippen molar-refractivity contribution < 1.29 is 23.9 Å². The van der Waals surface area contributed by atoms with Gasteiger partial charge in [0.05, 0.1) is 26.4 Å². The highest BCUT2D eigenvalue weighted by atomic mass is 16.5. The molecule has 5 rings (SSSR count). The van der Waals surface area contributed by atoms with E-state index in [-0.39, 0.29) is 11.8 Å². The van der Waals surface area contributed by atoms with Crippen molar-refractivity contribution in [2.75, 3.05) is 32.9 Å². The zero-order chi connectivity index (χ0) is 24.2. The molecule has 1 N–H and O–H groups in total. The maximum atomic E-state index is 13.1. The number of benzene rings is 2. The SMILES string of the molecule is O=C1CCC[C@H](N2Cc3c(OCCc4ccc(CN5CCOCC5)cc4)cccc3C2=O)C(=O)N1. The number of carbonyl (C=O) groups is 3. The van der Waals surface area contributed by atoms with Gasteiger partial charge in [-0.1, -0.05) is 30.3 Å². The van der Waals surface area contributed by atoms with Crippen molar-refractivity contribution in [1.29, 1.82) is 0 Å². The van der Waals surface area contributed by atoms with E-state index in [0.29, 0.717) is 43.7 Å². The van der Waals surface area contributed by atoms with Crippen LogP contribution in [0.2, 0.25) is 0 Å². The Bertz CT molecular complexity index is 1090. The average molecular weight is 478 g/mol. The standard InChI is InChI=1S/C27H31N3O5/c31-25-6-2-4-23(26(32)28-25)30-18-22-21(27(30)33)3-1-5-24(22)35-14-11-19-7-9-20(10-8-19)17-29-12-15-34-16-13-29/h1,3,5,7-10,23H,2,4,6,11-18H2,(H,28,31,32)/t23-/m0/s1. The molecule has 184 valence electrons. The first-order valence-corrected chi connectivity index (χ1v) is 12.4. The average Bonchev–Trinajstić information content (AvgIpc) is 3.10. The van der Waals surface area contributed by atoms with Gasteiger partial charge >= 0.3 is 0 Å². The molecule has 3 aliphatic heterocycles. The zero-order valence-electron chi connectivity index (χ0n) is 19.8. The number of rotatable bonds is 7. The first kappa shape index (κ1) is 23.5. The van der Waals surface area contributed by atoms with E-state index >= 15 is 0 Å². The highest BCUT2D eigenvalue weighted by molar-refractivity contribution is 6.04. The van der Waals surface area contributed by atoms with Crippen molar-refractivity contribution >= 4 is 17.7 Å². The third kappa shape index (κ3) is 5.39. The maximum absolute atomic E-state index is 13.1. The smallest absolute Gasteiger partial charge is 0.255 e. The van der Waals surface area contributed by atoms with Crippen LogP contribution in [-0.4, -0.2) is 66.5 Å². The number of imide groups is 1. The van der Waals surface area contributed by atoms with E-state index < -0.39 is 11.9 Å². The van der Waals surface area contributed by atoms with Crippen LogP contribution < -0.4 is 10.1 Å². The number of ether oxygens (including phenoxy) is 2. The molecule has 2 saturated heterocycles. The van der Waals surface area contributed by atoms with Crippen LogP contribution in [0.25, 0.3) is 0 Å². The minimum absolute atomic E-state index is 0.184. The maximum Gasteiger partial charge on any atom is 0.255 e. The second-order valence-electron chi connectivity index (χ2n) is 9.34. The summed E-state index contributed by atoms with van der Waals surface area (Å²) < 4.78 is 11.5. The van der Waals surface area contributed by atoms with E-state index in [1.807, 2.05) is 12.1 Å². The highest BCUT2D eigenvalue weighted by Crippen LogP contribution is 2.33. The molecule has 0 bridgehead atoms. The minimum Gasteiger partial charge on any atom is -0.493 e. The number of nitrogens with zero attached hydrogens (tertiary/aromatic N) is 2. The number of fused-ring (bicyclic) bond motifs is 1. The summed E-state index contributed by atoms with van der Waals surface area (Å²) in [4.78, 5) is 41.2. The van der Waals surface area contributed by atoms with Crippen LogP contribution >= 0.6 is 0 Å². The van der Waals surface area contributed by atoms with Gasteiger partial charge in [0.25, 0.3) is 5.91 Å². The van der Waals surface area contributed by atoms with Gasteiger partial charge in [0.2, 0.25) is 11.8 Å². The van der Waals surface area contributed by atoms with Gasteiger partial charge in [-0.05, 0) is 36.1 Å². The monoisotopic (exact) mass is 477 g/mol. The number of hydrogen-bond acceptors (Lipinski definition) is 6. The lowest BCUT2D eigenvalue weighted by atomic mass is 10.1. The molecule has 0 aliphatic carbocycles. The van der Waals surface area contributed by atoms with Crippen LogP contribution in [0.4, 0.5) is 0 Å². The Balaban J connectivity index is 1.18. The second kappa shape index (κ2) is 10.6. The number of carbonyl (C=O) groups excluding carboxylic acids is 3. The molecule has 0 unspecified atom stereocenters. The third-order valence-electron chi connectivity index (χ3n) is 6.96. The summed E-state index contributed by atoms with van der Waals surface area (Å²) in [7, 11) is 0. The molecule has 0 aromatic heterocycles. The topological polar surface area (TPSA) is 88.2 Å². The molecule has 3 amide bonds. The largest absolute Gasteiger partial charge is 0.493 e. The van der Waals surface area contributed by atoms with Gasteiger partial charge in [0, 0.05) is 43.6 Å². The fraction of sp³-hybridized carbons (Fsp3) is 0.444. The lowest BCUT2D eigenvalue weighted by Gasteiger charge is -2.26. The minimum atomic E-state index is -0.634. The first-order chi connectivity index (χ1) is 17.1. The fourth-order valence-corrected chi connectivity index (χ4v) is 4.99. The molecule has 35 heavy (non-hydrogen) atoms. The summed E-state index contributed by atoms with van der Waals surface area (Å²) in [6.07, 6.45) is 2.12. The Morgan fingerprint density at radius 2 is 1.77 bits per heavy atom. The van der Waals surface area contributed by atoms with Gasteiger partial charge in [-0.25, -0.2) is 0 Å². The second-order valence-corrected chi connectivity index (χ2v) is 9.34. The number of nitrogens with one attached hydrogen (secondary N) is 1. The highest BCUT2D eigenvalue weighted by Gasteiger charge is 2.39. The van der Waals surface area contributed by atoms with Crippen LogP contribution in [0.1, 0.15) is 46.3 Å². The van der Waals surface area contributed by atoms with Gasteiger partial charge < -0.3 is 14.4 Å². The van der Waals surface area contributed by atoms with Crippen LogP contribution in [0, 0.1) is 0 Å². The Hall–Kier alpha value is -3.23. The molecular weight excluding hydrogens is 446 g/mol. The molecule has 0 spiro atoms. The molecule has 3 aliphatic rings. The van der Waals surface area contributed by atoms with Crippen LogP contribution in [0.15, 0.2) is 42.5 Å². The van der Waals surface area contributed by atoms with Crippen molar-refractivity contribution in [3.8, 4) is 5.75 Å². The molecule has 2 fully saturated rings. The third-order valence-corrected chi connectivity index (χ3v) is 6.96. The summed E-state index contributed by atoms with van der Waals surface area (Å²) in [6.45, 7) is 5.29. The van der Waals surface area contributed by atoms with Crippen molar-refractivity contribution in [3.05, 3.63) is 64.7 Å². The molecular formula is C27H31N3O5. The molecule has 8 nitrogen and oxygen atoms in total. The van der Waals surface area contributed by atoms with Crippen molar-refractivity contribution in [1.82, 2.24) is 15.1 Å². The molecule has 0 saturated carbocycles. The van der Waals surface area contributed by atoms with Gasteiger partial charge in [-0.3, -0.25) is 24.6 Å². The Morgan fingerprint density at radius 3 is 2.57 bits per heavy atom. The zero-order valence-corrected chi connectivity index (χ0v) is 19.8. The number of hydrogen-bond donors (Lipinski definition) is 1. The van der Waals surface area contributed by atoms with Gasteiger partial charge in [-0.15, -0.1) is 0 Å². The van der Waals surface area contributed by atoms with Crippen LogP contribution in [-0.2, 0) is 33.8 Å². The Labute approximate surface area is 205 Å². The summed E-state index contributed by atoms with van der Waals surface area (Å²) in [5.41, 5.74) is 3.86.